The zero-order valence-electron chi connectivity index (χ0n) is 12.9. The molecule has 0 spiro atoms. The lowest BCUT2D eigenvalue weighted by Crippen LogP contribution is -2.39. The second-order valence-corrected chi connectivity index (χ2v) is 5.74. The van der Waals surface area contributed by atoms with Crippen molar-refractivity contribution in [1.29, 1.82) is 0 Å². The van der Waals surface area contributed by atoms with Crippen LogP contribution >= 0.6 is 0 Å². The van der Waals surface area contributed by atoms with E-state index in [9.17, 15) is 0 Å². The minimum Gasteiger partial charge on any atom is -0.467 e. The second kappa shape index (κ2) is 8.45. The smallest absolute Gasteiger partial charge is 0.129 e. The molecule has 1 aliphatic heterocycles. The normalized spacial score (nSPS) is 20.4. The molecule has 1 N–H and O–H groups in total. The second-order valence-electron chi connectivity index (χ2n) is 5.74. The molecular formula is C16H28N2O2. The van der Waals surface area contributed by atoms with Gasteiger partial charge in [0.25, 0.3) is 0 Å². The molecule has 0 amide bonds. The van der Waals surface area contributed by atoms with Gasteiger partial charge in [0.2, 0.25) is 0 Å². The Balaban J connectivity index is 1.66. The van der Waals surface area contributed by atoms with Gasteiger partial charge in [0.1, 0.15) is 12.4 Å². The Kier molecular flexibility index (Phi) is 6.57. The van der Waals surface area contributed by atoms with E-state index in [2.05, 4.69) is 30.3 Å². The third-order valence-electron chi connectivity index (χ3n) is 3.94. The van der Waals surface area contributed by atoms with Crippen molar-refractivity contribution >= 4 is 0 Å². The summed E-state index contributed by atoms with van der Waals surface area (Å²) < 4.78 is 11.3. The quantitative estimate of drug-likeness (QED) is 0.743. The number of nitrogens with one attached hydrogen (secondary N) is 1. The summed E-state index contributed by atoms with van der Waals surface area (Å²) in [5.74, 6) is 0.928. The summed E-state index contributed by atoms with van der Waals surface area (Å²) in [4.78, 5) is 2.41. The number of nitrogens with zero attached hydrogens (tertiary/aromatic N) is 1. The Labute approximate surface area is 122 Å². The van der Waals surface area contributed by atoms with Crippen molar-refractivity contribution in [2.75, 3.05) is 26.7 Å². The first-order chi connectivity index (χ1) is 9.79. The van der Waals surface area contributed by atoms with Crippen LogP contribution in [0.25, 0.3) is 0 Å². The first kappa shape index (κ1) is 15.5. The molecule has 1 aliphatic rings. The number of furan rings is 1. The molecule has 0 radical (unpaired) electrons. The van der Waals surface area contributed by atoms with E-state index in [0.717, 1.165) is 31.9 Å². The lowest BCUT2D eigenvalue weighted by atomic mass is 10.0. The summed E-state index contributed by atoms with van der Waals surface area (Å²) in [7, 11) is 2.19. The van der Waals surface area contributed by atoms with E-state index in [-0.39, 0.29) is 0 Å². The summed E-state index contributed by atoms with van der Waals surface area (Å²) in [5, 5.41) is 3.37. The Morgan fingerprint density at radius 2 is 2.35 bits per heavy atom. The maximum absolute atomic E-state index is 5.81. The van der Waals surface area contributed by atoms with Gasteiger partial charge < -0.3 is 19.4 Å². The van der Waals surface area contributed by atoms with Crippen molar-refractivity contribution in [2.45, 2.75) is 51.8 Å². The summed E-state index contributed by atoms with van der Waals surface area (Å²) in [6, 6.07) is 2.66. The lowest BCUT2D eigenvalue weighted by molar-refractivity contribution is 0.0374. The third kappa shape index (κ3) is 4.93. The molecule has 1 atom stereocenters. The maximum atomic E-state index is 5.81. The monoisotopic (exact) mass is 280 g/mol. The van der Waals surface area contributed by atoms with Gasteiger partial charge in [-0.25, -0.2) is 0 Å². The molecule has 0 aliphatic carbocycles. The van der Waals surface area contributed by atoms with Crippen molar-refractivity contribution in [2.24, 2.45) is 0 Å². The topological polar surface area (TPSA) is 37.6 Å². The van der Waals surface area contributed by atoms with E-state index in [1.165, 1.54) is 31.4 Å². The molecule has 2 heterocycles. The van der Waals surface area contributed by atoms with Gasteiger partial charge in [-0.3, -0.25) is 0 Å². The van der Waals surface area contributed by atoms with E-state index >= 15 is 0 Å². The zero-order valence-corrected chi connectivity index (χ0v) is 12.9. The molecule has 1 aromatic rings. The molecule has 4 heteroatoms. The summed E-state index contributed by atoms with van der Waals surface area (Å²) in [5.41, 5.74) is 1.20. The number of piperidine rings is 1. The van der Waals surface area contributed by atoms with Crippen LogP contribution in [0.2, 0.25) is 0 Å². The predicted octanol–water partition coefficient (Wildman–Crippen LogP) is 2.78. The highest BCUT2D eigenvalue weighted by atomic mass is 16.5. The van der Waals surface area contributed by atoms with Crippen LogP contribution in [0.4, 0.5) is 0 Å². The van der Waals surface area contributed by atoms with Crippen LogP contribution in [0.5, 0.6) is 0 Å². The van der Waals surface area contributed by atoms with Crippen LogP contribution in [0, 0.1) is 0 Å². The summed E-state index contributed by atoms with van der Waals surface area (Å²) in [6.45, 7) is 6.68. The summed E-state index contributed by atoms with van der Waals surface area (Å²) in [6.07, 6.45) is 6.88. The van der Waals surface area contributed by atoms with Crippen LogP contribution in [-0.2, 0) is 17.9 Å². The third-order valence-corrected chi connectivity index (χ3v) is 3.94. The molecule has 0 aromatic carbocycles. The number of likely N-dealkylation sites (N-methyl/N-ethyl adjacent to an activating group) is 1. The highest BCUT2D eigenvalue weighted by Gasteiger charge is 2.18. The highest BCUT2D eigenvalue weighted by Crippen LogP contribution is 2.16. The fourth-order valence-corrected chi connectivity index (χ4v) is 2.65. The highest BCUT2D eigenvalue weighted by molar-refractivity contribution is 5.11. The van der Waals surface area contributed by atoms with Crippen LogP contribution in [0.1, 0.15) is 43.9 Å². The number of rotatable bonds is 8. The van der Waals surface area contributed by atoms with Gasteiger partial charge in [-0.2, -0.15) is 0 Å². The van der Waals surface area contributed by atoms with Crippen molar-refractivity contribution in [3.63, 3.8) is 0 Å². The van der Waals surface area contributed by atoms with E-state index < -0.39 is 0 Å². The Morgan fingerprint density at radius 3 is 3.15 bits per heavy atom. The van der Waals surface area contributed by atoms with E-state index in [4.69, 9.17) is 9.15 Å². The van der Waals surface area contributed by atoms with E-state index in [1.807, 2.05) is 6.26 Å². The van der Waals surface area contributed by atoms with Gasteiger partial charge in [0.15, 0.2) is 0 Å². The maximum Gasteiger partial charge on any atom is 0.129 e. The molecule has 0 bridgehead atoms. The predicted molar refractivity (Wildman–Crippen MR) is 80.6 cm³/mol. The molecule has 1 unspecified atom stereocenters. The SMILES string of the molecule is CCCNCc1coc(COCC2CCCCN2C)c1. The molecule has 1 aromatic heterocycles. The molecule has 2 rings (SSSR count). The average molecular weight is 280 g/mol. The lowest BCUT2D eigenvalue weighted by Gasteiger charge is -2.32. The molecule has 1 fully saturated rings. The molecule has 0 saturated carbocycles. The van der Waals surface area contributed by atoms with Gasteiger partial charge in [-0.1, -0.05) is 13.3 Å². The average Bonchev–Trinajstić information content (AvgIpc) is 2.89. The van der Waals surface area contributed by atoms with Crippen LogP contribution < -0.4 is 5.32 Å². The summed E-state index contributed by atoms with van der Waals surface area (Å²) >= 11 is 0. The Bertz CT molecular complexity index is 378. The van der Waals surface area contributed by atoms with Crippen molar-refractivity contribution in [3.05, 3.63) is 23.7 Å². The Morgan fingerprint density at radius 1 is 1.45 bits per heavy atom. The van der Waals surface area contributed by atoms with Gasteiger partial charge >= 0.3 is 0 Å². The zero-order chi connectivity index (χ0) is 14.2. The molecule has 114 valence electrons. The van der Waals surface area contributed by atoms with Crippen molar-refractivity contribution in [1.82, 2.24) is 10.2 Å². The molecular weight excluding hydrogens is 252 g/mol. The Hall–Kier alpha value is -0.840. The van der Waals surface area contributed by atoms with Gasteiger partial charge in [0.05, 0.1) is 12.9 Å². The fraction of sp³-hybridized carbons (Fsp3) is 0.750. The largest absolute Gasteiger partial charge is 0.467 e. The molecule has 4 nitrogen and oxygen atoms in total. The fourth-order valence-electron chi connectivity index (χ4n) is 2.65. The van der Waals surface area contributed by atoms with Gasteiger partial charge in [0, 0.05) is 18.2 Å². The van der Waals surface area contributed by atoms with Gasteiger partial charge in [-0.05, 0) is 45.5 Å². The number of ether oxygens (including phenoxy) is 1. The number of likely N-dealkylation sites (tertiary alicyclic amines) is 1. The van der Waals surface area contributed by atoms with E-state index in [0.29, 0.717) is 12.6 Å². The standard InChI is InChI=1S/C16H28N2O2/c1-3-7-17-10-14-9-16(20-11-14)13-19-12-15-6-4-5-8-18(15)2/h9,11,15,17H,3-8,10,12-13H2,1-2H3. The molecule has 20 heavy (non-hydrogen) atoms. The minimum absolute atomic E-state index is 0.574. The van der Waals surface area contributed by atoms with Crippen LogP contribution in [-0.4, -0.2) is 37.7 Å². The van der Waals surface area contributed by atoms with E-state index in [1.54, 1.807) is 0 Å². The van der Waals surface area contributed by atoms with Crippen molar-refractivity contribution in [3.8, 4) is 0 Å². The van der Waals surface area contributed by atoms with Gasteiger partial charge in [-0.15, -0.1) is 0 Å². The van der Waals surface area contributed by atoms with Crippen LogP contribution in [0.15, 0.2) is 16.7 Å². The number of hydrogen-bond acceptors (Lipinski definition) is 4. The first-order valence-corrected chi connectivity index (χ1v) is 7.84. The van der Waals surface area contributed by atoms with Crippen LogP contribution in [0.3, 0.4) is 0 Å². The number of hydrogen-bond donors (Lipinski definition) is 1. The minimum atomic E-state index is 0.574. The van der Waals surface area contributed by atoms with Crippen molar-refractivity contribution < 1.29 is 9.15 Å². The first-order valence-electron chi connectivity index (χ1n) is 7.84. The molecule has 1 saturated heterocycles.